The van der Waals surface area contributed by atoms with Gasteiger partial charge in [-0.25, -0.2) is 0 Å². The molecule has 1 rings (SSSR count). The molecule has 0 fully saturated rings. The molecule has 1 aromatic carbocycles. The van der Waals surface area contributed by atoms with E-state index in [4.69, 9.17) is 15.1 Å². The highest BCUT2D eigenvalue weighted by atomic mass is 16.5. The van der Waals surface area contributed by atoms with Crippen molar-refractivity contribution in [2.45, 2.75) is 19.1 Å². The number of nitriles is 1. The van der Waals surface area contributed by atoms with Gasteiger partial charge >= 0.3 is 0 Å². The van der Waals surface area contributed by atoms with Crippen molar-refractivity contribution >= 4 is 0 Å². The minimum absolute atomic E-state index is 0.468. The molecule has 0 saturated carbocycles. The first-order valence-corrected chi connectivity index (χ1v) is 4.67. The molecule has 4 nitrogen and oxygen atoms in total. The fourth-order valence-corrected chi connectivity index (χ4v) is 1.21. The lowest BCUT2D eigenvalue weighted by Gasteiger charge is -2.13. The van der Waals surface area contributed by atoms with Crippen LogP contribution < -0.4 is 4.74 Å². The third-order valence-electron chi connectivity index (χ3n) is 1.94. The van der Waals surface area contributed by atoms with Crippen LogP contribution in [0, 0.1) is 11.3 Å². The van der Waals surface area contributed by atoms with E-state index in [0.29, 0.717) is 17.9 Å². The zero-order valence-electron chi connectivity index (χ0n) is 8.42. The van der Waals surface area contributed by atoms with E-state index in [1.54, 1.807) is 30.3 Å². The monoisotopic (exact) mass is 207 g/mol. The summed E-state index contributed by atoms with van der Waals surface area (Å²) in [4.78, 5) is 0. The van der Waals surface area contributed by atoms with Gasteiger partial charge in [-0.3, -0.25) is 0 Å². The standard InChI is InChI=1S/C11H13NO3/c1-2-15-9-5-3-4-8(6-9)11(14)10(13)7-12/h3-6,10-11,13-14H,2H2,1H3. The number of ether oxygens (including phenoxy) is 1. The van der Waals surface area contributed by atoms with Crippen LogP contribution in [0.5, 0.6) is 5.75 Å². The molecule has 0 saturated heterocycles. The normalized spacial score (nSPS) is 14.0. The van der Waals surface area contributed by atoms with Gasteiger partial charge in [0.15, 0.2) is 6.10 Å². The van der Waals surface area contributed by atoms with Crippen LogP contribution in [0.25, 0.3) is 0 Å². The van der Waals surface area contributed by atoms with Crippen molar-refractivity contribution in [1.82, 2.24) is 0 Å². The number of benzene rings is 1. The van der Waals surface area contributed by atoms with Crippen LogP contribution in [-0.4, -0.2) is 22.9 Å². The molecule has 0 radical (unpaired) electrons. The molecule has 1 aromatic rings. The van der Waals surface area contributed by atoms with Crippen molar-refractivity contribution in [3.8, 4) is 11.8 Å². The Kier molecular flexibility index (Phi) is 4.10. The summed E-state index contributed by atoms with van der Waals surface area (Å²) in [5, 5.41) is 27.2. The second-order valence-electron chi connectivity index (χ2n) is 3.02. The number of hydrogen-bond acceptors (Lipinski definition) is 4. The molecule has 0 aromatic heterocycles. The Bertz CT molecular complexity index is 359. The van der Waals surface area contributed by atoms with Gasteiger partial charge in [0, 0.05) is 0 Å². The molecule has 4 heteroatoms. The first-order valence-electron chi connectivity index (χ1n) is 4.67. The van der Waals surface area contributed by atoms with Crippen LogP contribution in [0.3, 0.4) is 0 Å². The van der Waals surface area contributed by atoms with Gasteiger partial charge in [-0.2, -0.15) is 5.26 Å². The highest BCUT2D eigenvalue weighted by molar-refractivity contribution is 5.31. The van der Waals surface area contributed by atoms with Crippen molar-refractivity contribution in [2.24, 2.45) is 0 Å². The average molecular weight is 207 g/mol. The predicted molar refractivity (Wildman–Crippen MR) is 54.2 cm³/mol. The topological polar surface area (TPSA) is 73.5 Å². The minimum atomic E-state index is -1.41. The zero-order chi connectivity index (χ0) is 11.3. The molecule has 0 spiro atoms. The van der Waals surface area contributed by atoms with Crippen molar-refractivity contribution in [1.29, 1.82) is 5.26 Å². The third kappa shape index (κ3) is 2.94. The number of rotatable bonds is 4. The van der Waals surface area contributed by atoms with Crippen molar-refractivity contribution in [3.63, 3.8) is 0 Å². The predicted octanol–water partition coefficient (Wildman–Crippen LogP) is 1.00. The van der Waals surface area contributed by atoms with Gasteiger partial charge < -0.3 is 14.9 Å². The molecule has 2 unspecified atom stereocenters. The number of aliphatic hydroxyl groups excluding tert-OH is 2. The number of aliphatic hydroxyl groups is 2. The Morgan fingerprint density at radius 2 is 2.20 bits per heavy atom. The highest BCUT2D eigenvalue weighted by Gasteiger charge is 2.17. The lowest BCUT2D eigenvalue weighted by molar-refractivity contribution is 0.0526. The van der Waals surface area contributed by atoms with Gasteiger partial charge in [0.1, 0.15) is 11.9 Å². The summed E-state index contributed by atoms with van der Waals surface area (Å²) in [6.07, 6.45) is -2.61. The van der Waals surface area contributed by atoms with Gasteiger partial charge in [0.2, 0.25) is 0 Å². The maximum absolute atomic E-state index is 9.55. The Balaban J connectivity index is 2.85. The summed E-state index contributed by atoms with van der Waals surface area (Å²) in [7, 11) is 0. The summed E-state index contributed by atoms with van der Waals surface area (Å²) in [6.45, 7) is 2.38. The molecule has 0 bridgehead atoms. The molecule has 2 N–H and O–H groups in total. The Morgan fingerprint density at radius 3 is 2.80 bits per heavy atom. The second kappa shape index (κ2) is 5.35. The summed E-state index contributed by atoms with van der Waals surface area (Å²) >= 11 is 0. The molecule has 0 aliphatic rings. The number of nitrogens with zero attached hydrogens (tertiary/aromatic N) is 1. The molecule has 2 atom stereocenters. The van der Waals surface area contributed by atoms with Crippen molar-refractivity contribution in [3.05, 3.63) is 29.8 Å². The van der Waals surface area contributed by atoms with Gasteiger partial charge in [-0.15, -0.1) is 0 Å². The maximum Gasteiger partial charge on any atom is 0.170 e. The minimum Gasteiger partial charge on any atom is -0.494 e. The van der Waals surface area contributed by atoms with E-state index in [-0.39, 0.29) is 0 Å². The Labute approximate surface area is 88.4 Å². The fraction of sp³-hybridized carbons (Fsp3) is 0.364. The average Bonchev–Trinajstić information content (AvgIpc) is 2.28. The molecule has 15 heavy (non-hydrogen) atoms. The largest absolute Gasteiger partial charge is 0.494 e. The van der Waals surface area contributed by atoms with Gasteiger partial charge in [-0.1, -0.05) is 12.1 Å². The summed E-state index contributed by atoms with van der Waals surface area (Å²) in [5.41, 5.74) is 0.468. The fourth-order valence-electron chi connectivity index (χ4n) is 1.21. The van der Waals surface area contributed by atoms with Gasteiger partial charge in [0.25, 0.3) is 0 Å². The van der Waals surface area contributed by atoms with E-state index in [0.717, 1.165) is 0 Å². The van der Waals surface area contributed by atoms with E-state index in [2.05, 4.69) is 0 Å². The summed E-state index contributed by atoms with van der Waals surface area (Å²) in [5.74, 6) is 0.610. The molecular formula is C11H13NO3. The van der Waals surface area contributed by atoms with Gasteiger partial charge in [0.05, 0.1) is 12.7 Å². The lowest BCUT2D eigenvalue weighted by Crippen LogP contribution is -2.15. The van der Waals surface area contributed by atoms with E-state index >= 15 is 0 Å². The van der Waals surface area contributed by atoms with E-state index < -0.39 is 12.2 Å². The van der Waals surface area contributed by atoms with Crippen molar-refractivity contribution in [2.75, 3.05) is 6.61 Å². The van der Waals surface area contributed by atoms with Crippen LogP contribution in [0.2, 0.25) is 0 Å². The van der Waals surface area contributed by atoms with Crippen LogP contribution in [0.1, 0.15) is 18.6 Å². The maximum atomic E-state index is 9.55. The zero-order valence-corrected chi connectivity index (χ0v) is 8.42. The first-order chi connectivity index (χ1) is 7.19. The summed E-state index contributed by atoms with van der Waals surface area (Å²) in [6, 6.07) is 8.27. The van der Waals surface area contributed by atoms with Crippen molar-refractivity contribution < 1.29 is 14.9 Å². The molecule has 0 aliphatic carbocycles. The Morgan fingerprint density at radius 1 is 1.47 bits per heavy atom. The second-order valence-corrected chi connectivity index (χ2v) is 3.02. The van der Waals surface area contributed by atoms with Crippen LogP contribution in [-0.2, 0) is 0 Å². The lowest BCUT2D eigenvalue weighted by atomic mass is 10.1. The first kappa shape index (κ1) is 11.5. The molecule has 80 valence electrons. The van der Waals surface area contributed by atoms with Crippen LogP contribution >= 0.6 is 0 Å². The number of hydrogen-bond donors (Lipinski definition) is 2. The molecule has 0 aliphatic heterocycles. The van der Waals surface area contributed by atoms with E-state index in [1.807, 2.05) is 6.92 Å². The summed E-state index contributed by atoms with van der Waals surface area (Å²) < 4.78 is 5.23. The SMILES string of the molecule is CCOc1cccc(C(O)C(O)C#N)c1. The highest BCUT2D eigenvalue weighted by Crippen LogP contribution is 2.21. The van der Waals surface area contributed by atoms with Crippen LogP contribution in [0.4, 0.5) is 0 Å². The van der Waals surface area contributed by atoms with Crippen LogP contribution in [0.15, 0.2) is 24.3 Å². The third-order valence-corrected chi connectivity index (χ3v) is 1.94. The molecular weight excluding hydrogens is 194 g/mol. The van der Waals surface area contributed by atoms with E-state index in [9.17, 15) is 5.11 Å². The molecule has 0 heterocycles. The Hall–Kier alpha value is -1.57. The quantitative estimate of drug-likeness (QED) is 0.722. The smallest absolute Gasteiger partial charge is 0.170 e. The van der Waals surface area contributed by atoms with E-state index in [1.165, 1.54) is 0 Å². The van der Waals surface area contributed by atoms with Gasteiger partial charge in [-0.05, 0) is 24.6 Å². The molecule has 0 amide bonds.